The second kappa shape index (κ2) is 14.3. The average molecular weight is 545 g/mol. The van der Waals surface area contributed by atoms with Gasteiger partial charge in [0.2, 0.25) is 11.7 Å². The number of para-hydroxylation sites is 1. The van der Waals surface area contributed by atoms with Gasteiger partial charge < -0.3 is 26.0 Å². The molecule has 0 aromatic heterocycles. The number of carbonyl (C=O) groups excluding carboxylic acids is 4. The Balaban J connectivity index is 2.05. The van der Waals surface area contributed by atoms with Crippen LogP contribution in [0.1, 0.15) is 44.7 Å². The van der Waals surface area contributed by atoms with E-state index in [1.54, 1.807) is 13.0 Å². The van der Waals surface area contributed by atoms with Gasteiger partial charge in [-0.3, -0.25) is 14.4 Å². The number of benzene rings is 2. The predicted octanol–water partition coefficient (Wildman–Crippen LogP) is 1.52. The molecule has 0 spiro atoms. The lowest BCUT2D eigenvalue weighted by molar-refractivity contribution is -0.140. The molecule has 0 bridgehead atoms. The standard InChI is InChI=1S/C27H37FN4O5Si/c1-5-21(22(33)24(34)29-16-19-12-9-13-20(28)23(19)37-4)31-25(35)27(38,14-17(2)3)32-26(36)30-15-18-10-7-6-8-11-18/h6-13,17,21H,5,14-16H2,1-4,38H3,(H,29,34)(H,31,35)(H2,30,32,36)/t21?,27-/m0/s1. The Morgan fingerprint density at radius 3 is 2.29 bits per heavy atom. The molecule has 0 fully saturated rings. The van der Waals surface area contributed by atoms with Gasteiger partial charge in [-0.2, -0.15) is 0 Å². The summed E-state index contributed by atoms with van der Waals surface area (Å²) in [5.41, 5.74) is 1.28. The van der Waals surface area contributed by atoms with Gasteiger partial charge in [-0.15, -0.1) is 0 Å². The molecule has 1 unspecified atom stereocenters. The molecule has 0 aliphatic carbocycles. The first-order valence-corrected chi connectivity index (χ1v) is 13.5. The second-order valence-electron chi connectivity index (χ2n) is 9.64. The van der Waals surface area contributed by atoms with Crippen molar-refractivity contribution in [3.63, 3.8) is 0 Å². The molecule has 206 valence electrons. The number of nitrogens with one attached hydrogen (secondary N) is 4. The van der Waals surface area contributed by atoms with Gasteiger partial charge >= 0.3 is 6.03 Å². The zero-order valence-corrected chi connectivity index (χ0v) is 24.5. The van der Waals surface area contributed by atoms with Crippen LogP contribution >= 0.6 is 0 Å². The summed E-state index contributed by atoms with van der Waals surface area (Å²) in [6.45, 7) is 5.69. The van der Waals surface area contributed by atoms with E-state index in [-0.39, 0.29) is 34.9 Å². The van der Waals surface area contributed by atoms with Crippen molar-refractivity contribution in [1.29, 1.82) is 0 Å². The number of urea groups is 1. The van der Waals surface area contributed by atoms with Gasteiger partial charge in [-0.05, 0) is 30.4 Å². The van der Waals surface area contributed by atoms with E-state index in [1.807, 2.05) is 44.2 Å². The summed E-state index contributed by atoms with van der Waals surface area (Å²) in [7, 11) is 1.57. The number of ether oxygens (including phenoxy) is 1. The molecular formula is C27H37FN4O5Si. The Kier molecular flexibility index (Phi) is 11.4. The van der Waals surface area contributed by atoms with Gasteiger partial charge in [-0.25, -0.2) is 9.18 Å². The number of ketones is 1. The lowest BCUT2D eigenvalue weighted by Gasteiger charge is -2.33. The number of methoxy groups -OCH3 is 1. The van der Waals surface area contributed by atoms with Crippen LogP contribution in [-0.2, 0) is 27.5 Å². The fourth-order valence-electron chi connectivity index (χ4n) is 4.10. The third kappa shape index (κ3) is 8.68. The quantitative estimate of drug-likeness (QED) is 0.225. The van der Waals surface area contributed by atoms with Gasteiger partial charge in [0, 0.05) is 28.9 Å². The van der Waals surface area contributed by atoms with Crippen molar-refractivity contribution in [2.75, 3.05) is 7.11 Å². The highest BCUT2D eigenvalue weighted by atomic mass is 28.1. The molecule has 2 aromatic rings. The second-order valence-corrected chi connectivity index (χ2v) is 11.3. The van der Waals surface area contributed by atoms with E-state index >= 15 is 0 Å². The van der Waals surface area contributed by atoms with Gasteiger partial charge in [0.05, 0.1) is 18.3 Å². The maximum Gasteiger partial charge on any atom is 0.315 e. The van der Waals surface area contributed by atoms with Gasteiger partial charge in [0.25, 0.3) is 5.91 Å². The minimum absolute atomic E-state index is 0.0216. The van der Waals surface area contributed by atoms with E-state index in [1.165, 1.54) is 19.2 Å². The summed E-state index contributed by atoms with van der Waals surface area (Å²) in [6, 6.07) is 12.0. The topological polar surface area (TPSA) is 126 Å². The number of Topliss-reactive ketones (excluding diaryl/α,β-unsaturated/α-hetero) is 1. The maximum absolute atomic E-state index is 13.9. The zero-order chi connectivity index (χ0) is 28.3. The summed E-state index contributed by atoms with van der Waals surface area (Å²) in [5.74, 6) is -2.80. The van der Waals surface area contributed by atoms with Crippen LogP contribution in [0.4, 0.5) is 9.18 Å². The number of rotatable bonds is 13. The van der Waals surface area contributed by atoms with Crippen LogP contribution < -0.4 is 26.0 Å². The van der Waals surface area contributed by atoms with Crippen molar-refractivity contribution in [2.45, 2.75) is 57.9 Å². The van der Waals surface area contributed by atoms with Crippen LogP contribution in [0.2, 0.25) is 0 Å². The van der Waals surface area contributed by atoms with Crippen LogP contribution in [0.3, 0.4) is 0 Å². The number of hydrogen-bond acceptors (Lipinski definition) is 5. The average Bonchev–Trinajstić information content (AvgIpc) is 2.88. The minimum Gasteiger partial charge on any atom is -0.493 e. The lowest BCUT2D eigenvalue weighted by Crippen LogP contribution is -2.64. The third-order valence-electron chi connectivity index (χ3n) is 5.95. The van der Waals surface area contributed by atoms with Crippen LogP contribution in [-0.4, -0.2) is 52.2 Å². The summed E-state index contributed by atoms with van der Waals surface area (Å²) < 4.78 is 18.9. The smallest absolute Gasteiger partial charge is 0.315 e. The normalized spacial score (nSPS) is 13.2. The molecule has 0 saturated carbocycles. The van der Waals surface area contributed by atoms with Crippen LogP contribution in [0.25, 0.3) is 0 Å². The van der Waals surface area contributed by atoms with E-state index in [4.69, 9.17) is 4.74 Å². The fourth-order valence-corrected chi connectivity index (χ4v) is 5.29. The molecule has 2 atom stereocenters. The summed E-state index contributed by atoms with van der Waals surface area (Å²) in [5, 5.41) is 9.48. The predicted molar refractivity (Wildman–Crippen MR) is 146 cm³/mol. The Morgan fingerprint density at radius 1 is 1.00 bits per heavy atom. The molecule has 0 aliphatic heterocycles. The molecule has 2 aromatic carbocycles. The number of hydrogen-bond donors (Lipinski definition) is 4. The summed E-state index contributed by atoms with van der Waals surface area (Å²) in [6.07, 6.45) is 0.529. The number of carbonyl (C=O) groups is 4. The molecule has 0 heterocycles. The van der Waals surface area contributed by atoms with Crippen molar-refractivity contribution in [2.24, 2.45) is 5.92 Å². The summed E-state index contributed by atoms with van der Waals surface area (Å²) in [4.78, 5) is 51.5. The zero-order valence-electron chi connectivity index (χ0n) is 22.5. The van der Waals surface area contributed by atoms with E-state index in [2.05, 4.69) is 21.3 Å². The van der Waals surface area contributed by atoms with E-state index in [0.29, 0.717) is 18.5 Å². The molecule has 0 aliphatic rings. The molecule has 2 rings (SSSR count). The Labute approximate surface area is 225 Å². The van der Waals surface area contributed by atoms with Gasteiger partial charge in [0.1, 0.15) is 0 Å². The first-order valence-electron chi connectivity index (χ1n) is 12.5. The van der Waals surface area contributed by atoms with Crippen LogP contribution in [0.15, 0.2) is 48.5 Å². The van der Waals surface area contributed by atoms with Crippen LogP contribution in [0.5, 0.6) is 5.75 Å². The monoisotopic (exact) mass is 544 g/mol. The van der Waals surface area contributed by atoms with Crippen molar-refractivity contribution in [3.8, 4) is 5.75 Å². The van der Waals surface area contributed by atoms with E-state index < -0.39 is 40.6 Å². The molecule has 11 heteroatoms. The van der Waals surface area contributed by atoms with Crippen LogP contribution in [0, 0.1) is 11.7 Å². The third-order valence-corrected chi connectivity index (χ3v) is 7.06. The first-order chi connectivity index (χ1) is 18.0. The van der Waals surface area contributed by atoms with Gasteiger partial charge in [0.15, 0.2) is 11.6 Å². The SMILES string of the molecule is CCC(NC(=O)[C@@]([SiH3])(CC(C)C)NC(=O)NCc1ccccc1)C(=O)C(=O)NCc1cccc(F)c1OC. The highest BCUT2D eigenvalue weighted by molar-refractivity contribution is 6.39. The Morgan fingerprint density at radius 2 is 1.68 bits per heavy atom. The van der Waals surface area contributed by atoms with Crippen molar-refractivity contribution < 1.29 is 28.3 Å². The highest BCUT2D eigenvalue weighted by Crippen LogP contribution is 2.22. The van der Waals surface area contributed by atoms with Crippen molar-refractivity contribution >= 4 is 33.9 Å². The minimum atomic E-state index is -1.20. The fraction of sp³-hybridized carbons (Fsp3) is 0.407. The summed E-state index contributed by atoms with van der Waals surface area (Å²) >= 11 is 0. The van der Waals surface area contributed by atoms with E-state index in [9.17, 15) is 23.6 Å². The number of halogens is 1. The molecule has 4 N–H and O–H groups in total. The molecule has 4 amide bonds. The van der Waals surface area contributed by atoms with E-state index in [0.717, 1.165) is 5.56 Å². The molecule has 0 saturated heterocycles. The highest BCUT2D eigenvalue weighted by Gasteiger charge is 2.38. The molecular weight excluding hydrogens is 507 g/mol. The van der Waals surface area contributed by atoms with Crippen molar-refractivity contribution in [1.82, 2.24) is 21.3 Å². The largest absolute Gasteiger partial charge is 0.493 e. The molecule has 0 radical (unpaired) electrons. The van der Waals surface area contributed by atoms with Gasteiger partial charge in [-0.1, -0.05) is 63.2 Å². The first kappa shape index (κ1) is 30.5. The van der Waals surface area contributed by atoms with Crippen molar-refractivity contribution in [3.05, 3.63) is 65.5 Å². The Hall–Kier alpha value is -3.73. The lowest BCUT2D eigenvalue weighted by atomic mass is 10.0. The maximum atomic E-state index is 13.9. The Bertz CT molecular complexity index is 1130. The molecule has 38 heavy (non-hydrogen) atoms. The number of amides is 4. The molecule has 9 nitrogen and oxygen atoms in total.